The van der Waals surface area contributed by atoms with Crippen LogP contribution in [-0.2, 0) is 29.8 Å². The molecule has 19 heteroatoms. The minimum absolute atomic E-state index is 0.184. The van der Waals surface area contributed by atoms with Gasteiger partial charge in [-0.05, 0) is 232 Å². The van der Waals surface area contributed by atoms with Crippen molar-refractivity contribution < 1.29 is 69.6 Å². The SMILES string of the molecule is CC(C)(C)OC(=O)NCCCCCCC1(CCCCCCNC(=O)OC(C)(C)C)c2ccccc2-c2ccc(-c3ccc4c(c3)C(CCCCCCNC(=O)OC(C)(C)C)(CCCCCCNC(=O)OC(C)(C)C)c3cc(-c5ccc(C(=O)Oc6c(F)c(F)c(F)c(F)c6F)cc5)ccc3-4)cc21. The second-order valence-corrected chi connectivity index (χ2v) is 31.2. The largest absolute Gasteiger partial charge is 0.444 e. The first-order valence-corrected chi connectivity index (χ1v) is 36.4. The molecule has 4 amide bonds. The molecule has 0 aromatic heterocycles. The van der Waals surface area contributed by atoms with E-state index in [0.717, 1.165) is 162 Å². The summed E-state index contributed by atoms with van der Waals surface area (Å²) in [6.45, 7) is 24.1. The van der Waals surface area contributed by atoms with E-state index in [1.807, 2.05) is 89.2 Å². The van der Waals surface area contributed by atoms with Crippen molar-refractivity contribution in [1.82, 2.24) is 21.3 Å². The van der Waals surface area contributed by atoms with E-state index >= 15 is 0 Å². The van der Waals surface area contributed by atoms with E-state index < -0.39 is 93.0 Å². The molecule has 102 heavy (non-hydrogen) atoms. The van der Waals surface area contributed by atoms with Crippen LogP contribution >= 0.6 is 0 Å². The molecule has 0 fully saturated rings. The molecule has 0 atom stereocenters. The number of amides is 4. The molecule has 0 saturated heterocycles. The molecule has 552 valence electrons. The molecule has 0 spiro atoms. The van der Waals surface area contributed by atoms with Gasteiger partial charge in [0.25, 0.3) is 0 Å². The van der Waals surface area contributed by atoms with Crippen LogP contribution in [0.5, 0.6) is 5.75 Å². The molecule has 6 aromatic carbocycles. The Hall–Kier alpha value is -8.48. The van der Waals surface area contributed by atoms with Crippen molar-refractivity contribution in [3.63, 3.8) is 0 Å². The fourth-order valence-electron chi connectivity index (χ4n) is 14.1. The molecule has 0 saturated carbocycles. The van der Waals surface area contributed by atoms with Crippen LogP contribution in [0.3, 0.4) is 0 Å². The zero-order chi connectivity index (χ0) is 74.2. The number of rotatable bonds is 32. The number of carbonyl (C=O) groups excluding carboxylic acids is 5. The van der Waals surface area contributed by atoms with Gasteiger partial charge >= 0.3 is 30.3 Å². The monoisotopic (exact) mass is 1410 g/mol. The van der Waals surface area contributed by atoms with Crippen molar-refractivity contribution in [2.45, 2.75) is 245 Å². The minimum atomic E-state index is -2.37. The highest BCUT2D eigenvalue weighted by Crippen LogP contribution is 2.58. The lowest BCUT2D eigenvalue weighted by atomic mass is 9.69. The zero-order valence-electron chi connectivity index (χ0n) is 61.8. The molecular weight excluding hydrogens is 1310 g/mol. The van der Waals surface area contributed by atoms with Gasteiger partial charge in [0, 0.05) is 37.0 Å². The second kappa shape index (κ2) is 34.7. The van der Waals surface area contributed by atoms with E-state index in [1.165, 1.54) is 39.9 Å². The number of benzene rings is 6. The van der Waals surface area contributed by atoms with Gasteiger partial charge < -0.3 is 45.0 Å². The Morgan fingerprint density at radius 1 is 0.324 bits per heavy atom. The van der Waals surface area contributed by atoms with E-state index in [-0.39, 0.29) is 11.0 Å². The summed E-state index contributed by atoms with van der Waals surface area (Å²) in [6, 6.07) is 35.2. The Kier molecular flexibility index (Phi) is 26.9. The summed E-state index contributed by atoms with van der Waals surface area (Å²) < 4.78 is 98.4. The van der Waals surface area contributed by atoms with Crippen molar-refractivity contribution in [2.24, 2.45) is 0 Å². The average molecular weight is 1410 g/mol. The number of alkyl carbamates (subject to hydrolysis) is 4. The van der Waals surface area contributed by atoms with Crippen LogP contribution < -0.4 is 26.0 Å². The highest BCUT2D eigenvalue weighted by Gasteiger charge is 2.45. The Bertz CT molecular complexity index is 3790. The molecular formula is C83H105F5N4O10. The van der Waals surface area contributed by atoms with Crippen LogP contribution in [0, 0.1) is 29.1 Å². The van der Waals surface area contributed by atoms with Gasteiger partial charge in [0.2, 0.25) is 34.8 Å². The van der Waals surface area contributed by atoms with Gasteiger partial charge in [-0.2, -0.15) is 8.78 Å². The topological polar surface area (TPSA) is 180 Å². The van der Waals surface area contributed by atoms with Crippen molar-refractivity contribution in [3.8, 4) is 50.3 Å². The average Bonchev–Trinajstić information content (AvgIpc) is 1.56. The molecule has 0 radical (unpaired) electrons. The number of fused-ring (bicyclic) bond motifs is 6. The van der Waals surface area contributed by atoms with Crippen LogP contribution in [0.1, 0.15) is 244 Å². The predicted octanol–water partition coefficient (Wildman–Crippen LogP) is 21.4. The van der Waals surface area contributed by atoms with E-state index in [9.17, 15) is 45.9 Å². The fourth-order valence-corrected chi connectivity index (χ4v) is 14.1. The van der Waals surface area contributed by atoms with Crippen molar-refractivity contribution in [3.05, 3.63) is 160 Å². The summed E-state index contributed by atoms with van der Waals surface area (Å²) in [4.78, 5) is 63.6. The number of ether oxygens (including phenoxy) is 5. The summed E-state index contributed by atoms with van der Waals surface area (Å²) in [5, 5.41) is 11.7. The van der Waals surface area contributed by atoms with Crippen LogP contribution in [0.25, 0.3) is 44.5 Å². The number of esters is 1. The van der Waals surface area contributed by atoms with E-state index in [0.29, 0.717) is 31.7 Å². The van der Waals surface area contributed by atoms with Gasteiger partial charge in [-0.3, -0.25) is 0 Å². The van der Waals surface area contributed by atoms with E-state index in [4.69, 9.17) is 23.7 Å². The molecule has 0 unspecified atom stereocenters. The number of carbonyl (C=O) groups is 5. The highest BCUT2D eigenvalue weighted by atomic mass is 19.2. The van der Waals surface area contributed by atoms with E-state index in [2.05, 4.69) is 94.1 Å². The highest BCUT2D eigenvalue weighted by molar-refractivity contribution is 5.92. The van der Waals surface area contributed by atoms with Gasteiger partial charge in [-0.1, -0.05) is 150 Å². The maximum absolute atomic E-state index is 14.7. The summed E-state index contributed by atoms with van der Waals surface area (Å²) in [5.41, 5.74) is 9.85. The normalized spacial score (nSPS) is 13.5. The van der Waals surface area contributed by atoms with Gasteiger partial charge in [-0.25, -0.2) is 37.1 Å². The summed E-state index contributed by atoms with van der Waals surface area (Å²) in [7, 11) is 0. The van der Waals surface area contributed by atoms with Crippen molar-refractivity contribution in [2.75, 3.05) is 26.2 Å². The standard InChI is InChI=1S/C83H105F5N4O10/c1-78(2,3)99-74(94)89-47-27-17-13-23-43-82(44-24-14-18-28-48-90-75(95)100-79(4,5)6)63-32-22-21-31-59(63)60-41-38-57(52-64(60)82)58-39-42-62-61-40-37-56(54-33-35-55(36-34-54)73(93)98-72-70(87)68(85)67(84)69(86)71(72)88)51-65(61)83(66(62)53-58,45-25-15-19-29-49-91-76(96)101-80(7,8)9)46-26-16-20-30-50-92-77(97)102-81(10,11)12/h21-22,31-42,51-53H,13-20,23-30,43-50H2,1-12H3,(H,89,94)(H,90,95)(H,91,96)(H,92,97). The first-order valence-electron chi connectivity index (χ1n) is 36.4. The summed E-state index contributed by atoms with van der Waals surface area (Å²) in [5.74, 6) is -14.4. The molecule has 2 aliphatic rings. The molecule has 0 aliphatic heterocycles. The summed E-state index contributed by atoms with van der Waals surface area (Å²) in [6.07, 6.45) is 15.7. The molecule has 0 bridgehead atoms. The molecule has 0 heterocycles. The minimum Gasteiger partial charge on any atom is -0.444 e. The van der Waals surface area contributed by atoms with Gasteiger partial charge in [-0.15, -0.1) is 0 Å². The number of unbranched alkanes of at least 4 members (excludes halogenated alkanes) is 12. The summed E-state index contributed by atoms with van der Waals surface area (Å²) >= 11 is 0. The predicted molar refractivity (Wildman–Crippen MR) is 390 cm³/mol. The fraction of sp³-hybridized carbons (Fsp3) is 0.506. The molecule has 14 nitrogen and oxygen atoms in total. The third kappa shape index (κ3) is 21.3. The maximum Gasteiger partial charge on any atom is 0.407 e. The first kappa shape index (κ1) is 79.2. The van der Waals surface area contributed by atoms with Gasteiger partial charge in [0.15, 0.2) is 0 Å². The van der Waals surface area contributed by atoms with Crippen molar-refractivity contribution >= 4 is 30.3 Å². The van der Waals surface area contributed by atoms with Crippen LogP contribution in [0.15, 0.2) is 103 Å². The number of nitrogens with one attached hydrogen (secondary N) is 4. The quantitative estimate of drug-likeness (QED) is 0.00604. The number of halogens is 5. The molecule has 6 aromatic rings. The number of hydrogen-bond acceptors (Lipinski definition) is 10. The first-order chi connectivity index (χ1) is 48.2. The maximum atomic E-state index is 14.7. The third-order valence-corrected chi connectivity index (χ3v) is 18.6. The van der Waals surface area contributed by atoms with Crippen LogP contribution in [-0.4, -0.2) is 78.9 Å². The van der Waals surface area contributed by atoms with Gasteiger partial charge in [0.1, 0.15) is 22.4 Å². The van der Waals surface area contributed by atoms with Crippen LogP contribution in [0.4, 0.5) is 41.1 Å². The molecule has 2 aliphatic carbocycles. The lowest BCUT2D eigenvalue weighted by Gasteiger charge is -2.34. The Morgan fingerprint density at radius 2 is 0.598 bits per heavy atom. The second-order valence-electron chi connectivity index (χ2n) is 31.2. The molecule has 8 rings (SSSR count). The lowest BCUT2D eigenvalue weighted by Crippen LogP contribution is -2.33. The zero-order valence-corrected chi connectivity index (χ0v) is 61.8. The molecule has 4 N–H and O–H groups in total. The Balaban J connectivity index is 1.15. The Labute approximate surface area is 599 Å². The van der Waals surface area contributed by atoms with Gasteiger partial charge in [0.05, 0.1) is 5.56 Å². The number of hydrogen-bond donors (Lipinski definition) is 4. The third-order valence-electron chi connectivity index (χ3n) is 18.6. The smallest absolute Gasteiger partial charge is 0.407 e. The van der Waals surface area contributed by atoms with Crippen LogP contribution in [0.2, 0.25) is 0 Å². The van der Waals surface area contributed by atoms with E-state index in [1.54, 1.807) is 12.1 Å². The van der Waals surface area contributed by atoms with Crippen molar-refractivity contribution in [1.29, 1.82) is 0 Å². The lowest BCUT2D eigenvalue weighted by molar-refractivity contribution is 0.0515. The Morgan fingerprint density at radius 3 is 0.931 bits per heavy atom.